The van der Waals surface area contributed by atoms with Gasteiger partial charge in [-0.25, -0.2) is 13.9 Å². The highest BCUT2D eigenvalue weighted by Crippen LogP contribution is 2.40. The third-order valence-corrected chi connectivity index (χ3v) is 6.79. The molecule has 5 heterocycles. The number of H-pyrrole nitrogens is 1. The van der Waals surface area contributed by atoms with E-state index in [4.69, 9.17) is 4.74 Å². The van der Waals surface area contributed by atoms with Crippen LogP contribution in [0.25, 0.3) is 27.7 Å². The molecule has 1 saturated heterocycles. The Hall–Kier alpha value is -3.73. The minimum Gasteiger partial charge on any atom is -0.492 e. The van der Waals surface area contributed by atoms with E-state index in [2.05, 4.69) is 25.6 Å². The predicted molar refractivity (Wildman–Crippen MR) is 127 cm³/mol. The second-order valence-electron chi connectivity index (χ2n) is 9.20. The van der Waals surface area contributed by atoms with Crippen molar-refractivity contribution in [3.63, 3.8) is 0 Å². The third kappa shape index (κ3) is 3.85. The number of pyridine rings is 2. The zero-order valence-electron chi connectivity index (χ0n) is 19.2. The fourth-order valence-electron chi connectivity index (χ4n) is 4.68. The maximum Gasteiger partial charge on any atom is 0.257 e. The van der Waals surface area contributed by atoms with Crippen molar-refractivity contribution in [1.29, 1.82) is 0 Å². The molecule has 4 aromatic heterocycles. The lowest BCUT2D eigenvalue weighted by molar-refractivity contribution is -0.129. The first-order chi connectivity index (χ1) is 16.9. The van der Waals surface area contributed by atoms with Gasteiger partial charge in [-0.2, -0.15) is 5.10 Å². The average molecular weight is 480 g/mol. The Morgan fingerprint density at radius 3 is 2.94 bits per heavy atom. The quantitative estimate of drug-likeness (QED) is 0.388. The van der Waals surface area contributed by atoms with Crippen molar-refractivity contribution in [3.8, 4) is 16.9 Å². The summed E-state index contributed by atoms with van der Waals surface area (Å²) in [4.78, 5) is 18.7. The van der Waals surface area contributed by atoms with Gasteiger partial charge in [0.05, 0.1) is 42.0 Å². The van der Waals surface area contributed by atoms with Crippen molar-refractivity contribution in [2.75, 3.05) is 24.6 Å². The number of ether oxygens (including phenoxy) is 1. The van der Waals surface area contributed by atoms with Crippen LogP contribution in [-0.2, 0) is 4.79 Å². The summed E-state index contributed by atoms with van der Waals surface area (Å²) in [5.74, 6) is 0.816. The molecule has 35 heavy (non-hydrogen) atoms. The van der Waals surface area contributed by atoms with E-state index in [-0.39, 0.29) is 12.8 Å². The SMILES string of the molecule is CCOc1cc(-c2ccc(N3CC[C@H](NC(=O)C4(F)CC4)[C@H](O)C3)nc2)c2c3cn[nH]c3nn2c1. The van der Waals surface area contributed by atoms with E-state index in [1.54, 1.807) is 16.9 Å². The maximum absolute atomic E-state index is 14.0. The van der Waals surface area contributed by atoms with Crippen molar-refractivity contribution < 1.29 is 19.0 Å². The Morgan fingerprint density at radius 2 is 2.23 bits per heavy atom. The van der Waals surface area contributed by atoms with Crippen molar-refractivity contribution in [2.24, 2.45) is 0 Å². The first-order valence-electron chi connectivity index (χ1n) is 11.8. The van der Waals surface area contributed by atoms with Crippen LogP contribution in [0.2, 0.25) is 0 Å². The molecule has 182 valence electrons. The van der Waals surface area contributed by atoms with E-state index in [1.807, 2.05) is 36.2 Å². The smallest absolute Gasteiger partial charge is 0.257 e. The lowest BCUT2D eigenvalue weighted by Crippen LogP contribution is -2.55. The first-order valence-corrected chi connectivity index (χ1v) is 11.8. The standard InChI is InChI=1S/C24H26FN7O3/c1-2-35-15-9-16(21-17-11-27-29-22(17)30-32(21)12-15)14-3-4-20(26-10-14)31-8-5-18(19(33)13-31)28-23(34)24(25)6-7-24/h3-4,9-12,18-19,33H,2,5-8,13H2,1H3,(H,28,34)(H,29,30)/t18-,19+/m0/s1. The third-order valence-electron chi connectivity index (χ3n) is 6.79. The van der Waals surface area contributed by atoms with E-state index >= 15 is 0 Å². The highest BCUT2D eigenvalue weighted by Gasteiger charge is 2.51. The van der Waals surface area contributed by atoms with Crippen LogP contribution in [0.5, 0.6) is 5.75 Å². The lowest BCUT2D eigenvalue weighted by Gasteiger charge is -2.37. The summed E-state index contributed by atoms with van der Waals surface area (Å²) < 4.78 is 21.5. The van der Waals surface area contributed by atoms with Gasteiger partial charge in [-0.3, -0.25) is 9.89 Å². The van der Waals surface area contributed by atoms with Gasteiger partial charge in [-0.1, -0.05) is 0 Å². The average Bonchev–Trinajstić information content (AvgIpc) is 3.29. The van der Waals surface area contributed by atoms with Gasteiger partial charge in [0.2, 0.25) is 0 Å². The molecular formula is C24H26FN7O3. The molecule has 0 unspecified atom stereocenters. The van der Waals surface area contributed by atoms with E-state index in [0.29, 0.717) is 37.5 Å². The number of piperidine rings is 1. The summed E-state index contributed by atoms with van der Waals surface area (Å²) >= 11 is 0. The predicted octanol–water partition coefficient (Wildman–Crippen LogP) is 2.23. The van der Waals surface area contributed by atoms with Crippen molar-refractivity contribution in [1.82, 2.24) is 30.1 Å². The number of carbonyl (C=O) groups is 1. The Balaban J connectivity index is 1.24. The number of fused-ring (bicyclic) bond motifs is 3. The number of hydrogen-bond donors (Lipinski definition) is 3. The van der Waals surface area contributed by atoms with Gasteiger partial charge in [0.1, 0.15) is 11.6 Å². The zero-order valence-corrected chi connectivity index (χ0v) is 19.2. The molecule has 6 rings (SSSR count). The van der Waals surface area contributed by atoms with Crippen LogP contribution >= 0.6 is 0 Å². The number of anilines is 1. The van der Waals surface area contributed by atoms with Crippen LogP contribution in [0.4, 0.5) is 10.2 Å². The molecule has 1 amide bonds. The van der Waals surface area contributed by atoms with Crippen LogP contribution in [-0.4, -0.2) is 73.3 Å². The van der Waals surface area contributed by atoms with Gasteiger partial charge in [-0.15, -0.1) is 5.10 Å². The van der Waals surface area contributed by atoms with Crippen LogP contribution < -0.4 is 15.0 Å². The van der Waals surface area contributed by atoms with Gasteiger partial charge in [0.25, 0.3) is 5.91 Å². The molecule has 1 saturated carbocycles. The molecule has 0 radical (unpaired) electrons. The summed E-state index contributed by atoms with van der Waals surface area (Å²) in [5, 5.41) is 25.7. The molecule has 1 aliphatic heterocycles. The molecule has 2 aliphatic rings. The number of carbonyl (C=O) groups excluding carboxylic acids is 1. The highest BCUT2D eigenvalue weighted by atomic mass is 19.1. The number of alkyl halides is 1. The molecule has 4 aromatic rings. The van der Waals surface area contributed by atoms with E-state index in [9.17, 15) is 14.3 Å². The van der Waals surface area contributed by atoms with Gasteiger partial charge < -0.3 is 20.1 Å². The minimum atomic E-state index is -1.74. The number of hydrogen-bond acceptors (Lipinski definition) is 7. The van der Waals surface area contributed by atoms with Gasteiger partial charge in [-0.05, 0) is 44.4 Å². The number of amides is 1. The lowest BCUT2D eigenvalue weighted by atomic mass is 10.0. The number of aromatic amines is 1. The molecule has 3 N–H and O–H groups in total. The number of β-amino-alcohol motifs (C(OH)–C–C–N with tert-alkyl or cyclic N) is 1. The number of aliphatic hydroxyl groups is 1. The first kappa shape index (κ1) is 21.8. The summed E-state index contributed by atoms with van der Waals surface area (Å²) in [5.41, 5.74) is 1.66. The topological polar surface area (TPSA) is 121 Å². The fraction of sp³-hybridized carbons (Fsp3) is 0.417. The van der Waals surface area contributed by atoms with Crippen molar-refractivity contribution in [3.05, 3.63) is 36.8 Å². The monoisotopic (exact) mass is 479 g/mol. The molecule has 2 atom stereocenters. The Kier molecular flexibility index (Phi) is 5.10. The molecular weight excluding hydrogens is 453 g/mol. The van der Waals surface area contributed by atoms with Crippen LogP contribution in [0.3, 0.4) is 0 Å². The molecule has 11 heteroatoms. The summed E-state index contributed by atoms with van der Waals surface area (Å²) in [7, 11) is 0. The molecule has 0 aromatic carbocycles. The van der Waals surface area contributed by atoms with E-state index in [0.717, 1.165) is 27.8 Å². The number of nitrogens with one attached hydrogen (secondary N) is 2. The molecule has 0 spiro atoms. The van der Waals surface area contributed by atoms with Gasteiger partial charge in [0, 0.05) is 30.4 Å². The second-order valence-corrected chi connectivity index (χ2v) is 9.20. The molecule has 0 bridgehead atoms. The summed E-state index contributed by atoms with van der Waals surface area (Å²) in [6, 6.07) is 5.40. The number of halogens is 1. The van der Waals surface area contributed by atoms with Gasteiger partial charge in [0.15, 0.2) is 11.3 Å². The minimum absolute atomic E-state index is 0.259. The zero-order chi connectivity index (χ0) is 24.2. The Labute approximate surface area is 200 Å². The maximum atomic E-state index is 14.0. The highest BCUT2D eigenvalue weighted by molar-refractivity contribution is 6.00. The largest absolute Gasteiger partial charge is 0.492 e. The van der Waals surface area contributed by atoms with Crippen molar-refractivity contribution >= 4 is 28.3 Å². The second kappa shape index (κ2) is 8.19. The van der Waals surface area contributed by atoms with Crippen LogP contribution in [0.1, 0.15) is 26.2 Å². The molecule has 1 aliphatic carbocycles. The number of aliphatic hydroxyl groups excluding tert-OH is 1. The molecule has 2 fully saturated rings. The Bertz CT molecular complexity index is 1400. The van der Waals surface area contributed by atoms with Gasteiger partial charge >= 0.3 is 0 Å². The van der Waals surface area contributed by atoms with Crippen LogP contribution in [0.15, 0.2) is 36.8 Å². The summed E-state index contributed by atoms with van der Waals surface area (Å²) in [6.07, 6.45) is 5.61. The number of nitrogens with zero attached hydrogens (tertiary/aromatic N) is 5. The summed E-state index contributed by atoms with van der Waals surface area (Å²) in [6.45, 7) is 3.37. The number of aromatic nitrogens is 5. The molecule has 10 nitrogen and oxygen atoms in total. The fourth-order valence-corrected chi connectivity index (χ4v) is 4.68. The van der Waals surface area contributed by atoms with E-state index < -0.39 is 23.7 Å². The normalized spacial score (nSPS) is 21.4. The van der Waals surface area contributed by atoms with Crippen molar-refractivity contribution in [2.45, 2.75) is 44.0 Å². The van der Waals surface area contributed by atoms with E-state index in [1.165, 1.54) is 0 Å². The number of rotatable bonds is 6. The van der Waals surface area contributed by atoms with Crippen LogP contribution in [0, 0.1) is 0 Å². The Morgan fingerprint density at radius 1 is 1.37 bits per heavy atom.